The van der Waals surface area contributed by atoms with E-state index in [4.69, 9.17) is 5.10 Å². The first-order valence-corrected chi connectivity index (χ1v) is 20.0. The molecule has 0 bridgehead atoms. The fourth-order valence-corrected chi connectivity index (χ4v) is 9.99. The summed E-state index contributed by atoms with van der Waals surface area (Å²) in [6, 6.07) is 72.2. The van der Waals surface area contributed by atoms with Crippen LogP contribution in [0.2, 0.25) is 0 Å². The highest BCUT2D eigenvalue weighted by Crippen LogP contribution is 2.59. The van der Waals surface area contributed by atoms with Crippen LogP contribution in [-0.4, -0.2) is 11.3 Å². The molecule has 0 radical (unpaired) electrons. The largest absolute Gasteiger partial charge is 0.344 e. The molecule has 0 fully saturated rings. The van der Waals surface area contributed by atoms with Gasteiger partial charge in [-0.25, -0.2) is 0 Å². The van der Waals surface area contributed by atoms with E-state index in [2.05, 4.69) is 211 Å². The molecule has 1 heterocycles. The molecule has 268 valence electrons. The molecular weight excluding hydrogens is 699 g/mol. The molecule has 0 atom stereocenters. The van der Waals surface area contributed by atoms with E-state index in [-0.39, 0.29) is 0 Å². The number of fused-ring (bicyclic) bond motifs is 6. The normalized spacial score (nSPS) is 12.9. The molecule has 1 N–H and O–H groups in total. The van der Waals surface area contributed by atoms with E-state index in [1.807, 2.05) is 17.7 Å². The lowest BCUT2D eigenvalue weighted by molar-refractivity contribution is 0.273. The summed E-state index contributed by atoms with van der Waals surface area (Å²) in [4.78, 5) is 0. The van der Waals surface area contributed by atoms with E-state index in [0.717, 1.165) is 16.8 Å². The average Bonchev–Trinajstić information content (AvgIpc) is 3.80. The smallest absolute Gasteiger partial charge is 0.113 e. The molecule has 0 saturated heterocycles. The molecule has 56 heavy (non-hydrogen) atoms. The number of rotatable bonds is 10. The topological polar surface area (TPSA) is 27.6 Å². The summed E-state index contributed by atoms with van der Waals surface area (Å²) in [5.74, 6) is 0. The van der Waals surface area contributed by atoms with Gasteiger partial charge in [-0.15, -0.1) is 11.3 Å². The summed E-state index contributed by atoms with van der Waals surface area (Å²) in [6.07, 6.45) is 1.92. The van der Waals surface area contributed by atoms with Crippen LogP contribution >= 0.6 is 11.3 Å². The maximum Gasteiger partial charge on any atom is 0.113 e. The minimum atomic E-state index is -0.573. The van der Waals surface area contributed by atoms with Gasteiger partial charge in [0.15, 0.2) is 0 Å². The molecule has 0 spiro atoms. The summed E-state index contributed by atoms with van der Waals surface area (Å²) >= 11 is 1.87. The lowest BCUT2D eigenvalue weighted by atomic mass is 9.67. The third-order valence-corrected chi connectivity index (χ3v) is 12.4. The molecule has 1 aliphatic rings. The number of nitrogens with one attached hydrogen (secondary N) is 1. The van der Waals surface area contributed by atoms with Crippen molar-refractivity contribution in [1.29, 1.82) is 0 Å². The average molecular weight is 738 g/mol. The second-order valence-electron chi connectivity index (χ2n) is 14.4. The molecule has 0 amide bonds. The van der Waals surface area contributed by atoms with Crippen molar-refractivity contribution in [2.24, 2.45) is 5.10 Å². The standard InChI is InChI=1S/C52H39N3S/c1-5-18-37(19-6-1)34-55(35-39-22-17-29-46-44-28-14-16-31-48(44)56-51(39)46)54-36-53-50-42(38-20-7-2-8-21-38)32-33-45-43-27-13-15-30-47(43)52(49(45)50,40-23-9-3-10-24-40)41-25-11-4-12-26-41/h1-33,36H,34-35H2,(H,53,54). The molecule has 9 aromatic rings. The second kappa shape index (κ2) is 14.5. The van der Waals surface area contributed by atoms with Crippen molar-refractivity contribution in [3.63, 3.8) is 0 Å². The zero-order valence-electron chi connectivity index (χ0n) is 30.8. The summed E-state index contributed by atoms with van der Waals surface area (Å²) in [5.41, 5.74) is 12.7. The van der Waals surface area contributed by atoms with Crippen LogP contribution in [0.25, 0.3) is 42.4 Å². The molecule has 1 aliphatic carbocycles. The molecule has 0 saturated carbocycles. The van der Waals surface area contributed by atoms with Crippen LogP contribution < -0.4 is 5.32 Å². The highest BCUT2D eigenvalue weighted by Gasteiger charge is 2.48. The van der Waals surface area contributed by atoms with E-state index in [0.29, 0.717) is 13.1 Å². The minimum Gasteiger partial charge on any atom is -0.344 e. The van der Waals surface area contributed by atoms with Gasteiger partial charge in [-0.05, 0) is 50.6 Å². The molecule has 0 unspecified atom stereocenters. The number of hydrogen-bond acceptors (Lipinski definition) is 3. The molecule has 3 nitrogen and oxygen atoms in total. The van der Waals surface area contributed by atoms with Crippen LogP contribution in [0.15, 0.2) is 205 Å². The van der Waals surface area contributed by atoms with Crippen molar-refractivity contribution >= 4 is 43.5 Å². The van der Waals surface area contributed by atoms with Crippen molar-refractivity contribution < 1.29 is 0 Å². The first-order valence-electron chi connectivity index (χ1n) is 19.2. The number of hydrogen-bond donors (Lipinski definition) is 1. The van der Waals surface area contributed by atoms with Gasteiger partial charge in [0.2, 0.25) is 0 Å². The van der Waals surface area contributed by atoms with Gasteiger partial charge in [-0.3, -0.25) is 5.01 Å². The van der Waals surface area contributed by atoms with E-state index in [1.54, 1.807) is 0 Å². The maximum absolute atomic E-state index is 5.27. The molecule has 8 aromatic carbocycles. The van der Waals surface area contributed by atoms with Gasteiger partial charge >= 0.3 is 0 Å². The van der Waals surface area contributed by atoms with Crippen molar-refractivity contribution in [3.05, 3.63) is 234 Å². The summed E-state index contributed by atoms with van der Waals surface area (Å²) in [6.45, 7) is 1.33. The van der Waals surface area contributed by atoms with Gasteiger partial charge in [0.1, 0.15) is 6.34 Å². The third kappa shape index (κ3) is 5.78. The number of nitrogens with zero attached hydrogens (tertiary/aromatic N) is 2. The van der Waals surface area contributed by atoms with Gasteiger partial charge in [0.05, 0.1) is 24.2 Å². The van der Waals surface area contributed by atoms with E-state index in [1.165, 1.54) is 64.7 Å². The molecule has 4 heteroatoms. The minimum absolute atomic E-state index is 0.573. The van der Waals surface area contributed by atoms with Gasteiger partial charge < -0.3 is 5.32 Å². The Morgan fingerprint density at radius 1 is 0.518 bits per heavy atom. The zero-order valence-corrected chi connectivity index (χ0v) is 31.7. The number of anilines is 1. The van der Waals surface area contributed by atoms with Crippen molar-refractivity contribution in [2.75, 3.05) is 5.32 Å². The monoisotopic (exact) mass is 737 g/mol. The molecule has 10 rings (SSSR count). The van der Waals surface area contributed by atoms with Crippen LogP contribution in [0, 0.1) is 0 Å². The lowest BCUT2D eigenvalue weighted by Gasteiger charge is -2.35. The summed E-state index contributed by atoms with van der Waals surface area (Å²) in [5, 5.41) is 13.9. The predicted molar refractivity (Wildman–Crippen MR) is 236 cm³/mol. The van der Waals surface area contributed by atoms with Gasteiger partial charge in [0, 0.05) is 31.3 Å². The highest BCUT2D eigenvalue weighted by molar-refractivity contribution is 7.26. The predicted octanol–water partition coefficient (Wildman–Crippen LogP) is 13.1. The number of benzene rings is 8. The van der Waals surface area contributed by atoms with Crippen molar-refractivity contribution in [2.45, 2.75) is 18.5 Å². The van der Waals surface area contributed by atoms with Crippen LogP contribution in [0.3, 0.4) is 0 Å². The van der Waals surface area contributed by atoms with Crippen molar-refractivity contribution in [3.8, 4) is 22.3 Å². The van der Waals surface area contributed by atoms with Crippen LogP contribution in [0.4, 0.5) is 5.69 Å². The van der Waals surface area contributed by atoms with E-state index in [9.17, 15) is 0 Å². The summed E-state index contributed by atoms with van der Waals surface area (Å²) in [7, 11) is 0. The Bertz CT molecular complexity index is 2790. The first kappa shape index (κ1) is 33.8. The lowest BCUT2D eigenvalue weighted by Crippen LogP contribution is -2.29. The SMILES string of the molecule is C(=N\N(Cc1ccccc1)Cc1cccc2c1sc1ccccc12)/Nc1c(-c2ccccc2)ccc2c1C(c1ccccc1)(c1ccccc1)c1ccccc1-2. The van der Waals surface area contributed by atoms with Crippen LogP contribution in [0.5, 0.6) is 0 Å². The number of hydrazone groups is 1. The van der Waals surface area contributed by atoms with Gasteiger partial charge in [-0.1, -0.05) is 194 Å². The zero-order chi connectivity index (χ0) is 37.3. The highest BCUT2D eigenvalue weighted by atomic mass is 32.1. The van der Waals surface area contributed by atoms with Gasteiger partial charge in [0.25, 0.3) is 0 Å². The Labute approximate surface area is 331 Å². The second-order valence-corrected chi connectivity index (χ2v) is 15.4. The van der Waals surface area contributed by atoms with Crippen LogP contribution in [0.1, 0.15) is 33.4 Å². The molecule has 1 aromatic heterocycles. The van der Waals surface area contributed by atoms with E-state index < -0.39 is 5.41 Å². The molecular formula is C52H39N3S. The van der Waals surface area contributed by atoms with Crippen molar-refractivity contribution in [1.82, 2.24) is 5.01 Å². The Hall–Kier alpha value is -6.75. The molecule has 0 aliphatic heterocycles. The Kier molecular flexibility index (Phi) is 8.74. The first-order chi connectivity index (χ1) is 27.8. The Morgan fingerprint density at radius 2 is 1.12 bits per heavy atom. The Morgan fingerprint density at radius 3 is 1.88 bits per heavy atom. The quantitative estimate of drug-likeness (QED) is 0.0860. The summed E-state index contributed by atoms with van der Waals surface area (Å²) < 4.78 is 2.62. The Balaban J connectivity index is 1.14. The maximum atomic E-state index is 5.27. The third-order valence-electron chi connectivity index (χ3n) is 11.2. The number of thiophene rings is 1. The fourth-order valence-electron chi connectivity index (χ4n) is 8.78. The van der Waals surface area contributed by atoms with Crippen LogP contribution in [-0.2, 0) is 18.5 Å². The van der Waals surface area contributed by atoms with E-state index >= 15 is 0 Å². The fraction of sp³-hybridized carbons (Fsp3) is 0.0577. The van der Waals surface area contributed by atoms with Gasteiger partial charge in [-0.2, -0.15) is 5.10 Å².